The van der Waals surface area contributed by atoms with Gasteiger partial charge in [-0.2, -0.15) is 0 Å². The standard InChI is InChI=1S/C16H20N4O2/c1-10(21)8-17-16-18-14-6-4-5-7-15(14)20(16)9-13-11(2)19-22-12(13)3/h4-7,10,21H,8-9H2,1-3H3,(H,17,18). The summed E-state index contributed by atoms with van der Waals surface area (Å²) in [6, 6.07) is 7.97. The highest BCUT2D eigenvalue weighted by atomic mass is 16.5. The molecule has 0 amide bonds. The third-order valence-corrected chi connectivity index (χ3v) is 3.71. The van der Waals surface area contributed by atoms with Crippen LogP contribution in [0.1, 0.15) is 23.9 Å². The van der Waals surface area contributed by atoms with Crippen LogP contribution in [0.5, 0.6) is 0 Å². The van der Waals surface area contributed by atoms with Gasteiger partial charge in [0, 0.05) is 12.1 Å². The molecule has 116 valence electrons. The first-order valence-electron chi connectivity index (χ1n) is 7.35. The number of rotatable bonds is 5. The predicted octanol–water partition coefficient (Wildman–Crippen LogP) is 2.48. The van der Waals surface area contributed by atoms with E-state index in [-0.39, 0.29) is 0 Å². The second-order valence-corrected chi connectivity index (χ2v) is 5.54. The van der Waals surface area contributed by atoms with Gasteiger partial charge in [-0.3, -0.25) is 0 Å². The van der Waals surface area contributed by atoms with Crippen LogP contribution in [0.25, 0.3) is 11.0 Å². The van der Waals surface area contributed by atoms with Crippen LogP contribution < -0.4 is 5.32 Å². The van der Waals surface area contributed by atoms with Gasteiger partial charge in [0.2, 0.25) is 5.95 Å². The molecule has 22 heavy (non-hydrogen) atoms. The number of nitrogens with zero attached hydrogens (tertiary/aromatic N) is 3. The molecule has 6 nitrogen and oxygen atoms in total. The zero-order chi connectivity index (χ0) is 15.7. The first kappa shape index (κ1) is 14.6. The Bertz CT molecular complexity index is 769. The molecule has 0 spiro atoms. The van der Waals surface area contributed by atoms with Crippen molar-refractivity contribution >= 4 is 17.0 Å². The number of anilines is 1. The lowest BCUT2D eigenvalue weighted by molar-refractivity contribution is 0.208. The molecule has 3 rings (SSSR count). The minimum Gasteiger partial charge on any atom is -0.392 e. The molecule has 1 unspecified atom stereocenters. The lowest BCUT2D eigenvalue weighted by Gasteiger charge is -2.11. The lowest BCUT2D eigenvalue weighted by atomic mass is 10.2. The largest absolute Gasteiger partial charge is 0.392 e. The molecule has 0 aliphatic rings. The number of aliphatic hydroxyl groups is 1. The molecular weight excluding hydrogens is 280 g/mol. The number of para-hydroxylation sites is 2. The molecule has 0 saturated heterocycles. The predicted molar refractivity (Wildman–Crippen MR) is 85.0 cm³/mol. The molecule has 0 saturated carbocycles. The van der Waals surface area contributed by atoms with Gasteiger partial charge in [-0.15, -0.1) is 0 Å². The van der Waals surface area contributed by atoms with E-state index in [9.17, 15) is 5.11 Å². The lowest BCUT2D eigenvalue weighted by Crippen LogP contribution is -2.18. The second kappa shape index (κ2) is 5.81. The molecular formula is C16H20N4O2. The minimum absolute atomic E-state index is 0.438. The molecule has 2 aromatic heterocycles. The topological polar surface area (TPSA) is 76.1 Å². The Balaban J connectivity index is 2.03. The summed E-state index contributed by atoms with van der Waals surface area (Å²) >= 11 is 0. The Morgan fingerprint density at radius 1 is 1.32 bits per heavy atom. The van der Waals surface area contributed by atoms with E-state index < -0.39 is 6.10 Å². The number of hydrogen-bond acceptors (Lipinski definition) is 5. The third kappa shape index (κ3) is 2.69. The Morgan fingerprint density at radius 3 is 2.77 bits per heavy atom. The first-order valence-corrected chi connectivity index (χ1v) is 7.35. The number of nitrogens with one attached hydrogen (secondary N) is 1. The number of hydrogen-bond donors (Lipinski definition) is 2. The summed E-state index contributed by atoms with van der Waals surface area (Å²) in [4.78, 5) is 4.61. The average molecular weight is 300 g/mol. The third-order valence-electron chi connectivity index (χ3n) is 3.71. The molecule has 3 aromatic rings. The number of benzene rings is 1. The Hall–Kier alpha value is -2.34. The van der Waals surface area contributed by atoms with Crippen molar-refractivity contribution in [3.63, 3.8) is 0 Å². The summed E-state index contributed by atoms with van der Waals surface area (Å²) in [5.41, 5.74) is 3.90. The molecule has 0 aliphatic heterocycles. The van der Waals surface area contributed by atoms with Crippen LogP contribution in [-0.2, 0) is 6.54 Å². The van der Waals surface area contributed by atoms with Gasteiger partial charge in [-0.25, -0.2) is 4.98 Å². The van der Waals surface area contributed by atoms with Crippen molar-refractivity contribution in [3.8, 4) is 0 Å². The molecule has 1 aromatic carbocycles. The average Bonchev–Trinajstić information content (AvgIpc) is 3.00. The monoisotopic (exact) mass is 300 g/mol. The number of aliphatic hydroxyl groups excluding tert-OH is 1. The fraction of sp³-hybridized carbons (Fsp3) is 0.375. The maximum atomic E-state index is 9.50. The first-order chi connectivity index (χ1) is 10.6. The van der Waals surface area contributed by atoms with Crippen LogP contribution in [0.2, 0.25) is 0 Å². The van der Waals surface area contributed by atoms with Crippen LogP contribution in [-0.4, -0.2) is 32.5 Å². The summed E-state index contributed by atoms with van der Waals surface area (Å²) in [6.45, 7) is 6.67. The van der Waals surface area contributed by atoms with Gasteiger partial charge in [0.25, 0.3) is 0 Å². The van der Waals surface area contributed by atoms with Crippen LogP contribution in [0.4, 0.5) is 5.95 Å². The van der Waals surface area contributed by atoms with Crippen LogP contribution in [0, 0.1) is 13.8 Å². The molecule has 0 fully saturated rings. The van der Waals surface area contributed by atoms with E-state index in [0.29, 0.717) is 13.1 Å². The fourth-order valence-electron chi connectivity index (χ4n) is 2.50. The maximum absolute atomic E-state index is 9.50. The van der Waals surface area contributed by atoms with E-state index in [1.54, 1.807) is 6.92 Å². The highest BCUT2D eigenvalue weighted by Gasteiger charge is 2.15. The van der Waals surface area contributed by atoms with Crippen molar-refractivity contribution in [1.82, 2.24) is 14.7 Å². The summed E-state index contributed by atoms with van der Waals surface area (Å²) < 4.78 is 7.34. The van der Waals surface area contributed by atoms with E-state index in [1.807, 2.05) is 38.1 Å². The number of aryl methyl sites for hydroxylation is 2. The molecule has 2 heterocycles. The van der Waals surface area contributed by atoms with Gasteiger partial charge in [0.05, 0.1) is 29.4 Å². The van der Waals surface area contributed by atoms with Crippen molar-refractivity contribution in [2.75, 3.05) is 11.9 Å². The van der Waals surface area contributed by atoms with Crippen molar-refractivity contribution in [2.45, 2.75) is 33.4 Å². The van der Waals surface area contributed by atoms with E-state index in [2.05, 4.69) is 20.0 Å². The Labute approximate surface area is 128 Å². The number of aromatic nitrogens is 3. The molecule has 6 heteroatoms. The fourth-order valence-corrected chi connectivity index (χ4v) is 2.50. The van der Waals surface area contributed by atoms with E-state index >= 15 is 0 Å². The van der Waals surface area contributed by atoms with E-state index in [4.69, 9.17) is 4.52 Å². The highest BCUT2D eigenvalue weighted by molar-refractivity contribution is 5.78. The van der Waals surface area contributed by atoms with Crippen molar-refractivity contribution in [1.29, 1.82) is 0 Å². The van der Waals surface area contributed by atoms with E-state index in [1.165, 1.54) is 0 Å². The highest BCUT2D eigenvalue weighted by Crippen LogP contribution is 2.23. The van der Waals surface area contributed by atoms with Gasteiger partial charge in [-0.1, -0.05) is 17.3 Å². The zero-order valence-corrected chi connectivity index (χ0v) is 13.0. The quantitative estimate of drug-likeness (QED) is 0.757. The van der Waals surface area contributed by atoms with Gasteiger partial charge >= 0.3 is 0 Å². The normalized spacial score (nSPS) is 12.7. The van der Waals surface area contributed by atoms with Gasteiger partial charge in [-0.05, 0) is 32.9 Å². The number of fused-ring (bicyclic) bond motifs is 1. The SMILES string of the molecule is Cc1noc(C)c1Cn1c(NCC(C)O)nc2ccccc21. The molecule has 2 N–H and O–H groups in total. The van der Waals surface area contributed by atoms with Crippen molar-refractivity contribution < 1.29 is 9.63 Å². The molecule has 0 bridgehead atoms. The summed E-state index contributed by atoms with van der Waals surface area (Å²) in [7, 11) is 0. The van der Waals surface area contributed by atoms with E-state index in [0.717, 1.165) is 34.0 Å². The van der Waals surface area contributed by atoms with Gasteiger partial charge in [0.1, 0.15) is 5.76 Å². The van der Waals surface area contributed by atoms with Gasteiger partial charge < -0.3 is 19.5 Å². The molecule has 0 radical (unpaired) electrons. The second-order valence-electron chi connectivity index (χ2n) is 5.54. The number of imidazole rings is 1. The minimum atomic E-state index is -0.438. The van der Waals surface area contributed by atoms with Crippen molar-refractivity contribution in [2.24, 2.45) is 0 Å². The molecule has 0 aliphatic carbocycles. The van der Waals surface area contributed by atoms with Gasteiger partial charge in [0.15, 0.2) is 0 Å². The zero-order valence-electron chi connectivity index (χ0n) is 13.0. The van der Waals surface area contributed by atoms with Crippen molar-refractivity contribution in [3.05, 3.63) is 41.3 Å². The van der Waals surface area contributed by atoms with Crippen LogP contribution in [0.3, 0.4) is 0 Å². The molecule has 1 atom stereocenters. The summed E-state index contributed by atoms with van der Waals surface area (Å²) in [5.74, 6) is 1.55. The summed E-state index contributed by atoms with van der Waals surface area (Å²) in [5, 5.41) is 16.7. The van der Waals surface area contributed by atoms with Crippen LogP contribution in [0.15, 0.2) is 28.8 Å². The Kier molecular flexibility index (Phi) is 3.85. The van der Waals surface area contributed by atoms with Crippen LogP contribution >= 0.6 is 0 Å². The smallest absolute Gasteiger partial charge is 0.204 e. The Morgan fingerprint density at radius 2 is 2.09 bits per heavy atom. The maximum Gasteiger partial charge on any atom is 0.204 e. The summed E-state index contributed by atoms with van der Waals surface area (Å²) in [6.07, 6.45) is -0.438.